The van der Waals surface area contributed by atoms with Gasteiger partial charge >= 0.3 is 0 Å². The van der Waals surface area contributed by atoms with Crippen molar-refractivity contribution < 1.29 is 17.9 Å². The van der Waals surface area contributed by atoms with E-state index < -0.39 is 15.9 Å². The normalized spacial score (nSPS) is 18.4. The van der Waals surface area contributed by atoms with Gasteiger partial charge in [0, 0.05) is 0 Å². The molecule has 6 heteroatoms. The summed E-state index contributed by atoms with van der Waals surface area (Å²) in [5.41, 5.74) is 2.13. The predicted molar refractivity (Wildman–Crippen MR) is 75.7 cm³/mol. The van der Waals surface area contributed by atoms with Crippen molar-refractivity contribution in [3.63, 3.8) is 0 Å². The molecule has 1 amide bonds. The second-order valence-electron chi connectivity index (χ2n) is 4.86. The number of carbonyl (C=O) groups excluding carboxylic acids is 1. The molecule has 0 radical (unpaired) electrons. The van der Waals surface area contributed by atoms with Crippen molar-refractivity contribution in [3.8, 4) is 0 Å². The molecule has 0 unspecified atom stereocenters. The second-order valence-corrected chi connectivity index (χ2v) is 6.70. The van der Waals surface area contributed by atoms with Crippen LogP contribution < -0.4 is 4.72 Å². The lowest BCUT2D eigenvalue weighted by Gasteiger charge is -2.25. The highest BCUT2D eigenvalue weighted by atomic mass is 32.2. The van der Waals surface area contributed by atoms with E-state index in [1.807, 2.05) is 24.3 Å². The SMILES string of the molecule is CCCS(=O)(=O)NC(=O)C[C@@H]1OCCc2ccccc21. The van der Waals surface area contributed by atoms with Gasteiger partial charge < -0.3 is 4.74 Å². The Morgan fingerprint density at radius 3 is 2.90 bits per heavy atom. The molecular weight excluding hydrogens is 278 g/mol. The third-order valence-electron chi connectivity index (χ3n) is 3.21. The molecule has 0 aliphatic carbocycles. The Morgan fingerprint density at radius 1 is 1.40 bits per heavy atom. The van der Waals surface area contributed by atoms with Crippen molar-refractivity contribution in [2.75, 3.05) is 12.4 Å². The zero-order valence-corrected chi connectivity index (χ0v) is 12.3. The maximum absolute atomic E-state index is 11.8. The Bertz CT molecular complexity index is 583. The summed E-state index contributed by atoms with van der Waals surface area (Å²) in [6, 6.07) is 7.78. The Hall–Kier alpha value is -1.40. The molecule has 1 aromatic carbocycles. The zero-order valence-electron chi connectivity index (χ0n) is 11.5. The molecule has 0 fully saturated rings. The lowest BCUT2D eigenvalue weighted by molar-refractivity contribution is -0.122. The van der Waals surface area contributed by atoms with Gasteiger partial charge in [0.25, 0.3) is 0 Å². The van der Waals surface area contributed by atoms with Crippen LogP contribution in [-0.4, -0.2) is 26.7 Å². The molecule has 0 saturated carbocycles. The summed E-state index contributed by atoms with van der Waals surface area (Å²) in [5, 5.41) is 0. The van der Waals surface area contributed by atoms with Gasteiger partial charge in [-0.05, 0) is 24.0 Å². The summed E-state index contributed by atoms with van der Waals surface area (Å²) >= 11 is 0. The smallest absolute Gasteiger partial charge is 0.236 e. The monoisotopic (exact) mass is 297 g/mol. The van der Waals surface area contributed by atoms with Crippen LogP contribution in [0.3, 0.4) is 0 Å². The second kappa shape index (κ2) is 6.37. The molecule has 110 valence electrons. The first-order valence-corrected chi connectivity index (χ1v) is 8.40. The molecule has 1 aliphatic rings. The van der Waals surface area contributed by atoms with Gasteiger partial charge in [-0.15, -0.1) is 0 Å². The van der Waals surface area contributed by atoms with Gasteiger partial charge in [-0.3, -0.25) is 9.52 Å². The van der Waals surface area contributed by atoms with Crippen molar-refractivity contribution in [2.24, 2.45) is 0 Å². The number of carbonyl (C=O) groups is 1. The minimum absolute atomic E-state index is 0.0277. The van der Waals surface area contributed by atoms with Crippen LogP contribution in [0.5, 0.6) is 0 Å². The molecular formula is C14H19NO4S. The van der Waals surface area contributed by atoms with E-state index in [2.05, 4.69) is 4.72 Å². The van der Waals surface area contributed by atoms with E-state index >= 15 is 0 Å². The summed E-state index contributed by atoms with van der Waals surface area (Å²) < 4.78 is 30.8. The van der Waals surface area contributed by atoms with Gasteiger partial charge in [-0.2, -0.15) is 0 Å². The average molecular weight is 297 g/mol. The Labute approximate surface area is 119 Å². The van der Waals surface area contributed by atoms with Crippen LogP contribution in [0.15, 0.2) is 24.3 Å². The maximum Gasteiger partial charge on any atom is 0.236 e. The fourth-order valence-corrected chi connectivity index (χ4v) is 3.42. The standard InChI is InChI=1S/C14H19NO4S/c1-2-9-20(17,18)15-14(16)10-13-12-6-4-3-5-11(12)7-8-19-13/h3-6,13H,2,7-10H2,1H3,(H,15,16)/t13-/m0/s1. The highest BCUT2D eigenvalue weighted by Crippen LogP contribution is 2.29. The molecule has 0 spiro atoms. The minimum Gasteiger partial charge on any atom is -0.373 e. The summed E-state index contributed by atoms with van der Waals surface area (Å²) in [7, 11) is -3.51. The minimum atomic E-state index is -3.51. The van der Waals surface area contributed by atoms with Crippen molar-refractivity contribution in [1.29, 1.82) is 0 Å². The number of benzene rings is 1. The zero-order chi connectivity index (χ0) is 14.6. The Balaban J connectivity index is 2.03. The first-order valence-electron chi connectivity index (χ1n) is 6.74. The first kappa shape index (κ1) is 15.0. The summed E-state index contributed by atoms with van der Waals surface area (Å²) in [6.07, 6.45) is 0.963. The molecule has 5 nitrogen and oxygen atoms in total. The van der Waals surface area contributed by atoms with Crippen LogP contribution in [0.25, 0.3) is 0 Å². The number of ether oxygens (including phenoxy) is 1. The molecule has 0 bridgehead atoms. The van der Waals surface area contributed by atoms with Gasteiger partial charge in [-0.25, -0.2) is 8.42 Å². The highest BCUT2D eigenvalue weighted by Gasteiger charge is 2.24. The number of hydrogen-bond acceptors (Lipinski definition) is 4. The molecule has 1 heterocycles. The summed E-state index contributed by atoms with van der Waals surface area (Å²) in [4.78, 5) is 11.8. The van der Waals surface area contributed by atoms with Crippen molar-refractivity contribution in [3.05, 3.63) is 35.4 Å². The molecule has 0 aromatic heterocycles. The van der Waals surface area contributed by atoms with Crippen LogP contribution in [-0.2, 0) is 26.0 Å². The van der Waals surface area contributed by atoms with E-state index in [1.54, 1.807) is 6.92 Å². The van der Waals surface area contributed by atoms with Crippen LogP contribution in [0.2, 0.25) is 0 Å². The highest BCUT2D eigenvalue weighted by molar-refractivity contribution is 7.90. The predicted octanol–water partition coefficient (Wildman–Crippen LogP) is 1.55. The third kappa shape index (κ3) is 3.80. The third-order valence-corrected chi connectivity index (χ3v) is 4.69. The lowest BCUT2D eigenvalue weighted by atomic mass is 9.96. The van der Waals surface area contributed by atoms with Crippen LogP contribution in [0.1, 0.15) is 37.0 Å². The number of nitrogens with one attached hydrogen (secondary N) is 1. The number of rotatable bonds is 5. The van der Waals surface area contributed by atoms with Crippen molar-refractivity contribution in [1.82, 2.24) is 4.72 Å². The molecule has 1 N–H and O–H groups in total. The van der Waals surface area contributed by atoms with Crippen molar-refractivity contribution in [2.45, 2.75) is 32.3 Å². The molecule has 0 saturated heterocycles. The quantitative estimate of drug-likeness (QED) is 0.895. The average Bonchev–Trinajstić information content (AvgIpc) is 2.38. The van der Waals surface area contributed by atoms with Gasteiger partial charge in [0.2, 0.25) is 15.9 Å². The summed E-state index contributed by atoms with van der Waals surface area (Å²) in [5.74, 6) is -0.555. The fraction of sp³-hybridized carbons (Fsp3) is 0.500. The topological polar surface area (TPSA) is 72.5 Å². The van der Waals surface area contributed by atoms with Gasteiger partial charge in [-0.1, -0.05) is 31.2 Å². The van der Waals surface area contributed by atoms with E-state index in [9.17, 15) is 13.2 Å². The van der Waals surface area contributed by atoms with Gasteiger partial charge in [0.05, 0.1) is 24.9 Å². The van der Waals surface area contributed by atoms with E-state index in [-0.39, 0.29) is 18.3 Å². The van der Waals surface area contributed by atoms with Crippen molar-refractivity contribution >= 4 is 15.9 Å². The molecule has 1 aliphatic heterocycles. The Kier molecular flexibility index (Phi) is 4.77. The van der Waals surface area contributed by atoms with Gasteiger partial charge in [0.1, 0.15) is 0 Å². The fourth-order valence-electron chi connectivity index (χ4n) is 2.35. The maximum atomic E-state index is 11.8. The number of sulfonamides is 1. The first-order chi connectivity index (χ1) is 9.52. The van der Waals surface area contributed by atoms with E-state index in [0.717, 1.165) is 17.5 Å². The summed E-state index contributed by atoms with van der Waals surface area (Å²) in [6.45, 7) is 2.31. The molecule has 20 heavy (non-hydrogen) atoms. The van der Waals surface area contributed by atoms with Crippen LogP contribution >= 0.6 is 0 Å². The number of amides is 1. The largest absolute Gasteiger partial charge is 0.373 e. The molecule has 1 aromatic rings. The van der Waals surface area contributed by atoms with Crippen LogP contribution in [0.4, 0.5) is 0 Å². The molecule has 1 atom stereocenters. The van der Waals surface area contributed by atoms with E-state index in [0.29, 0.717) is 13.0 Å². The molecule has 2 rings (SSSR count). The van der Waals surface area contributed by atoms with Crippen LogP contribution in [0, 0.1) is 0 Å². The number of hydrogen-bond donors (Lipinski definition) is 1. The lowest BCUT2D eigenvalue weighted by Crippen LogP contribution is -2.34. The Morgan fingerprint density at radius 2 is 2.15 bits per heavy atom. The van der Waals surface area contributed by atoms with E-state index in [4.69, 9.17) is 4.74 Å². The number of fused-ring (bicyclic) bond motifs is 1. The van der Waals surface area contributed by atoms with Gasteiger partial charge in [0.15, 0.2) is 0 Å². The van der Waals surface area contributed by atoms with E-state index in [1.165, 1.54) is 0 Å².